The minimum absolute atomic E-state index is 0.0615. The Morgan fingerprint density at radius 3 is 2.49 bits per heavy atom. The number of amides is 2. The number of carbonyl (C=O) groups excluding carboxylic acids is 1. The monoisotopic (exact) mass is 609 g/mol. The third-order valence-corrected chi connectivity index (χ3v) is 10.2. The average Bonchev–Trinajstić information content (AvgIpc) is 3.58. The van der Waals surface area contributed by atoms with Gasteiger partial charge in [-0.05, 0) is 99.0 Å². The molecule has 1 atom stereocenters. The van der Waals surface area contributed by atoms with Crippen LogP contribution in [0.1, 0.15) is 80.0 Å². The van der Waals surface area contributed by atoms with Gasteiger partial charge in [0.05, 0.1) is 11.2 Å². The minimum atomic E-state index is -0.897. The molecule has 4 saturated heterocycles. The molecule has 0 saturated carbocycles. The Morgan fingerprint density at radius 1 is 0.978 bits per heavy atom. The Balaban J connectivity index is 1.16. The summed E-state index contributed by atoms with van der Waals surface area (Å²) >= 11 is 0. The minimum Gasteiger partial charge on any atom is -0.465 e. The molecule has 4 aliphatic rings. The van der Waals surface area contributed by atoms with Crippen LogP contribution in [-0.4, -0.2) is 76.0 Å². The second-order valence-corrected chi connectivity index (χ2v) is 13.1. The van der Waals surface area contributed by atoms with Gasteiger partial charge in [0.2, 0.25) is 5.91 Å². The normalized spacial score (nSPS) is 23.4. The van der Waals surface area contributed by atoms with Gasteiger partial charge in [-0.3, -0.25) is 9.69 Å². The molecule has 0 radical (unpaired) electrons. The van der Waals surface area contributed by atoms with Crippen LogP contribution in [0.3, 0.4) is 0 Å². The first-order chi connectivity index (χ1) is 22.0. The molecule has 3 aromatic rings. The van der Waals surface area contributed by atoms with E-state index in [4.69, 9.17) is 9.84 Å². The second-order valence-electron chi connectivity index (χ2n) is 13.1. The predicted octanol–water partition coefficient (Wildman–Crippen LogP) is 6.17. The number of nitrogens with one attached hydrogen (secondary N) is 1. The van der Waals surface area contributed by atoms with Crippen molar-refractivity contribution in [1.29, 1.82) is 0 Å². The highest BCUT2D eigenvalue weighted by molar-refractivity contribution is 6.02. The van der Waals surface area contributed by atoms with Crippen molar-refractivity contribution in [2.24, 2.45) is 5.41 Å². The number of likely N-dealkylation sites (tertiary alicyclic amines) is 2. The van der Waals surface area contributed by atoms with E-state index in [0.29, 0.717) is 32.5 Å². The highest BCUT2D eigenvalue weighted by atomic mass is 16.5. The van der Waals surface area contributed by atoms with Crippen LogP contribution in [0.5, 0.6) is 0 Å². The van der Waals surface area contributed by atoms with E-state index in [-0.39, 0.29) is 17.6 Å². The molecule has 2 amide bonds. The molecule has 2 aromatic carbocycles. The van der Waals surface area contributed by atoms with Crippen molar-refractivity contribution in [2.75, 3.05) is 39.3 Å². The van der Waals surface area contributed by atoms with Crippen LogP contribution in [-0.2, 0) is 16.1 Å². The molecule has 5 heterocycles. The standard InChI is InChI=1S/C36H43N5O4/c42-34-30(36(25-37-34)15-19-40(20-16-36)35(43)44)22-28-11-13-29-31(38-41(32(29)23-28)33-6-2-5-21-45-33)14-12-26-7-9-27(10-8-26)24-39-17-3-1-4-18-39/h7-14,22-23,33H,1-6,15-21,24-25H2,(H,37,42)(H,43,44)/b14-12+,30-22-. The van der Waals surface area contributed by atoms with Crippen molar-refractivity contribution in [3.05, 3.63) is 70.4 Å². The Morgan fingerprint density at radius 2 is 1.76 bits per heavy atom. The molecule has 0 aliphatic carbocycles. The lowest BCUT2D eigenvalue weighted by Gasteiger charge is -2.37. The number of hydrogen-bond donors (Lipinski definition) is 2. The van der Waals surface area contributed by atoms with E-state index in [0.717, 1.165) is 65.7 Å². The molecular formula is C36H43N5O4. The van der Waals surface area contributed by atoms with E-state index < -0.39 is 6.09 Å². The number of benzene rings is 2. The molecule has 236 valence electrons. The highest BCUT2D eigenvalue weighted by Crippen LogP contribution is 2.43. The number of rotatable bonds is 6. The average molecular weight is 610 g/mol. The predicted molar refractivity (Wildman–Crippen MR) is 175 cm³/mol. The Bertz CT molecular complexity index is 1600. The fourth-order valence-corrected chi connectivity index (χ4v) is 7.45. The SMILES string of the molecule is O=C1NCC2(CCN(C(=O)O)CC2)/C1=C\c1ccc2c(/C=C/c3ccc(CN4CCCCC4)cc3)nn(C3CCCCO3)c2c1. The number of hydrogen-bond acceptors (Lipinski definition) is 5. The van der Waals surface area contributed by atoms with Crippen molar-refractivity contribution in [2.45, 2.75) is 64.1 Å². The zero-order valence-corrected chi connectivity index (χ0v) is 25.9. The van der Waals surface area contributed by atoms with Crippen LogP contribution in [0, 0.1) is 5.41 Å². The van der Waals surface area contributed by atoms with Crippen LogP contribution in [0.25, 0.3) is 29.1 Å². The fraction of sp³-hybridized carbons (Fsp3) is 0.472. The maximum atomic E-state index is 13.0. The number of aromatic nitrogens is 2. The number of carbonyl (C=O) groups is 2. The molecule has 9 heteroatoms. The van der Waals surface area contributed by atoms with Gasteiger partial charge in [0.25, 0.3) is 0 Å². The van der Waals surface area contributed by atoms with E-state index in [1.165, 1.54) is 42.8 Å². The van der Waals surface area contributed by atoms with Gasteiger partial charge in [-0.25, -0.2) is 9.48 Å². The molecule has 2 N–H and O–H groups in total. The van der Waals surface area contributed by atoms with E-state index in [1.54, 1.807) is 0 Å². The summed E-state index contributed by atoms with van der Waals surface area (Å²) in [5.74, 6) is -0.0615. The molecule has 1 unspecified atom stereocenters. The number of carboxylic acid groups (broad SMARTS) is 1. The molecule has 1 spiro atoms. The molecule has 1 aromatic heterocycles. The zero-order chi connectivity index (χ0) is 30.8. The van der Waals surface area contributed by atoms with Gasteiger partial charge < -0.3 is 20.1 Å². The highest BCUT2D eigenvalue weighted by Gasteiger charge is 2.46. The van der Waals surface area contributed by atoms with Crippen LogP contribution >= 0.6 is 0 Å². The van der Waals surface area contributed by atoms with E-state index >= 15 is 0 Å². The largest absolute Gasteiger partial charge is 0.465 e. The summed E-state index contributed by atoms with van der Waals surface area (Å²) in [4.78, 5) is 28.5. The zero-order valence-electron chi connectivity index (χ0n) is 25.9. The van der Waals surface area contributed by atoms with Crippen molar-refractivity contribution < 1.29 is 19.4 Å². The van der Waals surface area contributed by atoms with E-state index in [2.05, 4.69) is 64.8 Å². The number of fused-ring (bicyclic) bond motifs is 1. The Kier molecular flexibility index (Phi) is 8.47. The summed E-state index contributed by atoms with van der Waals surface area (Å²) in [6.07, 6.45) is 13.5. The Labute approximate surface area is 264 Å². The Hall–Kier alpha value is -3.95. The van der Waals surface area contributed by atoms with Crippen molar-refractivity contribution in [3.63, 3.8) is 0 Å². The molecule has 0 bridgehead atoms. The van der Waals surface area contributed by atoms with E-state index in [1.807, 2.05) is 10.8 Å². The smallest absolute Gasteiger partial charge is 0.407 e. The van der Waals surface area contributed by atoms with Gasteiger partial charge in [0.15, 0.2) is 6.23 Å². The first-order valence-electron chi connectivity index (χ1n) is 16.6. The quantitative estimate of drug-likeness (QED) is 0.325. The molecule has 45 heavy (non-hydrogen) atoms. The topological polar surface area (TPSA) is 99.9 Å². The van der Waals surface area contributed by atoms with Crippen LogP contribution in [0.4, 0.5) is 4.79 Å². The molecule has 4 fully saturated rings. The summed E-state index contributed by atoms with van der Waals surface area (Å²) in [6, 6.07) is 15.1. The summed E-state index contributed by atoms with van der Waals surface area (Å²) in [7, 11) is 0. The summed E-state index contributed by atoms with van der Waals surface area (Å²) < 4.78 is 8.20. The lowest BCUT2D eigenvalue weighted by molar-refractivity contribution is -0.116. The van der Waals surface area contributed by atoms with Crippen molar-refractivity contribution in [3.8, 4) is 0 Å². The lowest BCUT2D eigenvalue weighted by Crippen LogP contribution is -2.44. The molecular weight excluding hydrogens is 566 g/mol. The van der Waals surface area contributed by atoms with Gasteiger partial charge in [-0.15, -0.1) is 0 Å². The molecule has 7 rings (SSSR count). The summed E-state index contributed by atoms with van der Waals surface area (Å²) in [5, 5.41) is 18.6. The first kappa shape index (κ1) is 29.7. The van der Waals surface area contributed by atoms with Crippen molar-refractivity contribution in [1.82, 2.24) is 24.9 Å². The van der Waals surface area contributed by atoms with Crippen LogP contribution in [0.2, 0.25) is 0 Å². The van der Waals surface area contributed by atoms with Gasteiger partial charge in [0.1, 0.15) is 0 Å². The maximum Gasteiger partial charge on any atom is 0.407 e. The fourth-order valence-electron chi connectivity index (χ4n) is 7.45. The van der Waals surface area contributed by atoms with Gasteiger partial charge >= 0.3 is 6.09 Å². The molecule has 9 nitrogen and oxygen atoms in total. The number of nitrogens with zero attached hydrogens (tertiary/aromatic N) is 4. The summed E-state index contributed by atoms with van der Waals surface area (Å²) in [6.45, 7) is 5.55. The summed E-state index contributed by atoms with van der Waals surface area (Å²) in [5.41, 5.74) is 5.71. The third-order valence-electron chi connectivity index (χ3n) is 10.2. The van der Waals surface area contributed by atoms with Gasteiger partial charge in [-0.2, -0.15) is 5.10 Å². The van der Waals surface area contributed by atoms with Crippen LogP contribution < -0.4 is 5.32 Å². The number of piperidine rings is 2. The number of ether oxygens (including phenoxy) is 1. The molecule has 4 aliphatic heterocycles. The van der Waals surface area contributed by atoms with E-state index in [9.17, 15) is 14.7 Å². The first-order valence-corrected chi connectivity index (χ1v) is 16.6. The van der Waals surface area contributed by atoms with Gasteiger partial charge in [0, 0.05) is 49.2 Å². The third kappa shape index (κ3) is 6.29. The van der Waals surface area contributed by atoms with Crippen LogP contribution in [0.15, 0.2) is 48.0 Å². The van der Waals surface area contributed by atoms with Crippen molar-refractivity contribution >= 4 is 41.1 Å². The van der Waals surface area contributed by atoms with Gasteiger partial charge in [-0.1, -0.05) is 42.8 Å². The lowest BCUT2D eigenvalue weighted by atomic mass is 9.73. The second kappa shape index (κ2) is 12.8. The maximum absolute atomic E-state index is 13.0.